The molecule has 148 valence electrons. The van der Waals surface area contributed by atoms with E-state index in [1.807, 2.05) is 0 Å². The van der Waals surface area contributed by atoms with Gasteiger partial charge in [-0.15, -0.1) is 10.2 Å². The fourth-order valence-electron chi connectivity index (χ4n) is 3.41. The second-order valence-electron chi connectivity index (χ2n) is 6.49. The van der Waals surface area contributed by atoms with Crippen LogP contribution < -0.4 is 9.64 Å². The summed E-state index contributed by atoms with van der Waals surface area (Å²) in [6.07, 6.45) is 0. The summed E-state index contributed by atoms with van der Waals surface area (Å²) in [4.78, 5) is 27.1. The van der Waals surface area contributed by atoms with Gasteiger partial charge in [-0.3, -0.25) is 14.5 Å². The Hall–Kier alpha value is -3.46. The Kier molecular flexibility index (Phi) is 4.67. The largest absolute Gasteiger partial charge is 0.507 e. The van der Waals surface area contributed by atoms with Crippen LogP contribution in [0.5, 0.6) is 5.75 Å². The molecule has 1 fully saturated rings. The summed E-state index contributed by atoms with van der Waals surface area (Å²) in [5.41, 5.74) is 2.44. The number of aliphatic hydroxyl groups is 1. The van der Waals surface area contributed by atoms with Crippen LogP contribution in [0.15, 0.2) is 45.8 Å². The van der Waals surface area contributed by atoms with Gasteiger partial charge >= 0.3 is 5.91 Å². The highest BCUT2D eigenvalue weighted by Crippen LogP contribution is 2.43. The van der Waals surface area contributed by atoms with Crippen LogP contribution in [0.25, 0.3) is 5.76 Å². The molecular weight excluding hydrogens is 394 g/mol. The predicted octanol–water partition coefficient (Wildman–Crippen LogP) is 3.38. The second kappa shape index (κ2) is 7.17. The van der Waals surface area contributed by atoms with Gasteiger partial charge in [0.2, 0.25) is 5.13 Å². The molecule has 0 saturated carbocycles. The lowest BCUT2D eigenvalue weighted by Crippen LogP contribution is -2.29. The molecule has 1 saturated heterocycles. The van der Waals surface area contributed by atoms with E-state index in [0.29, 0.717) is 28.4 Å². The third kappa shape index (κ3) is 3.09. The molecule has 8 nitrogen and oxygen atoms in total. The van der Waals surface area contributed by atoms with Gasteiger partial charge in [-0.2, -0.15) is 0 Å². The summed E-state index contributed by atoms with van der Waals surface area (Å²) in [5, 5.41) is 19.0. The van der Waals surface area contributed by atoms with Crippen molar-refractivity contribution in [2.24, 2.45) is 0 Å². The van der Waals surface area contributed by atoms with Crippen LogP contribution >= 0.6 is 11.3 Å². The van der Waals surface area contributed by atoms with Crippen LogP contribution in [0.2, 0.25) is 0 Å². The molecule has 1 unspecified atom stereocenters. The molecule has 2 aromatic heterocycles. The average Bonchev–Trinajstić information content (AvgIpc) is 3.41. The molecule has 1 amide bonds. The molecule has 0 radical (unpaired) electrons. The van der Waals surface area contributed by atoms with E-state index in [1.165, 1.54) is 10.4 Å². The molecule has 9 heteroatoms. The van der Waals surface area contributed by atoms with Gasteiger partial charge in [0.05, 0.1) is 24.3 Å². The molecule has 4 rings (SSSR count). The number of benzene rings is 1. The van der Waals surface area contributed by atoms with Crippen LogP contribution in [0.1, 0.15) is 28.7 Å². The number of carbonyl (C=O) groups excluding carboxylic acids is 2. The topological polar surface area (TPSA) is 106 Å². The molecule has 29 heavy (non-hydrogen) atoms. The number of aliphatic hydroxyl groups excluding tert-OH is 1. The number of methoxy groups -OCH3 is 1. The van der Waals surface area contributed by atoms with Crippen LogP contribution in [0, 0.1) is 13.8 Å². The zero-order valence-electron chi connectivity index (χ0n) is 15.9. The third-order valence-electron chi connectivity index (χ3n) is 4.73. The highest BCUT2D eigenvalue weighted by Gasteiger charge is 2.48. The zero-order valence-corrected chi connectivity index (χ0v) is 16.7. The van der Waals surface area contributed by atoms with Crippen molar-refractivity contribution < 1.29 is 23.8 Å². The first-order valence-corrected chi connectivity index (χ1v) is 9.59. The number of anilines is 1. The molecule has 1 aliphatic rings. The Bertz CT molecular complexity index is 1120. The molecule has 3 heterocycles. The number of aromatic nitrogens is 2. The molecule has 0 bridgehead atoms. The summed E-state index contributed by atoms with van der Waals surface area (Å²) < 4.78 is 10.7. The van der Waals surface area contributed by atoms with Crippen LogP contribution in [-0.2, 0) is 9.59 Å². The van der Waals surface area contributed by atoms with Gasteiger partial charge in [0, 0.05) is 0 Å². The lowest BCUT2D eigenvalue weighted by molar-refractivity contribution is -0.132. The smallest absolute Gasteiger partial charge is 0.301 e. The fourth-order valence-corrected chi connectivity index (χ4v) is 4.00. The monoisotopic (exact) mass is 411 g/mol. The lowest BCUT2D eigenvalue weighted by atomic mass is 9.95. The Morgan fingerprint density at radius 3 is 2.52 bits per heavy atom. The number of ketones is 1. The summed E-state index contributed by atoms with van der Waals surface area (Å²) >= 11 is 1.13. The van der Waals surface area contributed by atoms with E-state index >= 15 is 0 Å². The number of nitrogens with zero attached hydrogens (tertiary/aromatic N) is 3. The summed E-state index contributed by atoms with van der Waals surface area (Å²) in [6.45, 7) is 3.43. The minimum absolute atomic E-state index is 0.0285. The number of furan rings is 1. The van der Waals surface area contributed by atoms with Crippen LogP contribution in [0.3, 0.4) is 0 Å². The second-order valence-corrected chi connectivity index (χ2v) is 7.30. The summed E-state index contributed by atoms with van der Waals surface area (Å²) in [5.74, 6) is -0.189. The van der Waals surface area contributed by atoms with Crippen molar-refractivity contribution in [3.63, 3.8) is 0 Å². The van der Waals surface area contributed by atoms with Gasteiger partial charge in [-0.05, 0) is 37.6 Å². The number of ether oxygens (including phenoxy) is 1. The Balaban J connectivity index is 1.94. The quantitative estimate of drug-likeness (QED) is 0.398. The van der Waals surface area contributed by atoms with Gasteiger partial charge in [0.15, 0.2) is 0 Å². The minimum atomic E-state index is -0.858. The van der Waals surface area contributed by atoms with Gasteiger partial charge < -0.3 is 14.3 Å². The van der Waals surface area contributed by atoms with Gasteiger partial charge in [-0.1, -0.05) is 23.5 Å². The maximum atomic E-state index is 12.9. The number of hydrogen-bond acceptors (Lipinski definition) is 8. The van der Waals surface area contributed by atoms with Gasteiger partial charge in [-0.25, -0.2) is 0 Å². The maximum Gasteiger partial charge on any atom is 0.301 e. The zero-order chi connectivity index (χ0) is 20.7. The first-order chi connectivity index (χ1) is 13.9. The first-order valence-electron chi connectivity index (χ1n) is 8.71. The van der Waals surface area contributed by atoms with Crippen molar-refractivity contribution in [1.82, 2.24) is 10.2 Å². The Morgan fingerprint density at radius 1 is 1.24 bits per heavy atom. The molecule has 1 aliphatic heterocycles. The average molecular weight is 411 g/mol. The van der Waals surface area contributed by atoms with Crippen molar-refractivity contribution in [1.29, 1.82) is 0 Å². The van der Waals surface area contributed by atoms with Gasteiger partial charge in [0.25, 0.3) is 5.78 Å². The highest BCUT2D eigenvalue weighted by atomic mass is 32.1. The number of aryl methyl sites for hydroxylation is 2. The Labute approximate surface area is 170 Å². The molecule has 1 atom stereocenters. The maximum absolute atomic E-state index is 12.9. The summed E-state index contributed by atoms with van der Waals surface area (Å²) in [7, 11) is 1.55. The van der Waals surface area contributed by atoms with E-state index in [0.717, 1.165) is 11.3 Å². The van der Waals surface area contributed by atoms with E-state index in [4.69, 9.17) is 9.15 Å². The first kappa shape index (κ1) is 18.9. The van der Waals surface area contributed by atoms with E-state index in [9.17, 15) is 14.7 Å². The number of hydrogen-bond donors (Lipinski definition) is 1. The van der Waals surface area contributed by atoms with E-state index < -0.39 is 17.7 Å². The van der Waals surface area contributed by atoms with Crippen LogP contribution in [0.4, 0.5) is 5.13 Å². The number of carbonyl (C=O) groups is 2. The van der Waals surface area contributed by atoms with Crippen molar-refractivity contribution in [3.8, 4) is 5.75 Å². The number of Topliss-reactive ketones (excluding diaryl/α,β-unsaturated/α-hetero) is 1. The normalized spacial score (nSPS) is 18.4. The van der Waals surface area contributed by atoms with Gasteiger partial charge in [0.1, 0.15) is 28.5 Å². The molecule has 0 aliphatic carbocycles. The van der Waals surface area contributed by atoms with Crippen molar-refractivity contribution in [2.45, 2.75) is 19.9 Å². The summed E-state index contributed by atoms with van der Waals surface area (Å²) in [6, 6.07) is 7.71. The molecule has 1 aromatic carbocycles. The minimum Gasteiger partial charge on any atom is -0.507 e. The van der Waals surface area contributed by atoms with Crippen molar-refractivity contribution >= 4 is 33.9 Å². The standard InChI is InChI=1S/C20H17N3O5S/c1-10-8-14(11(2)28-10)17(24)15-16(12-4-6-13(27-3)7-5-12)23(19(26)18(15)25)20-22-21-9-29-20/h4-9,16,24H,1-3H3. The molecular formula is C20H17N3O5S. The third-order valence-corrected chi connectivity index (χ3v) is 5.42. The SMILES string of the molecule is COc1ccc(C2C(=C(O)c3cc(C)oc3C)C(=O)C(=O)N2c2nncs2)cc1. The number of rotatable bonds is 4. The van der Waals surface area contributed by atoms with E-state index in [1.54, 1.807) is 51.3 Å². The molecule has 1 N–H and O–H groups in total. The fraction of sp³-hybridized carbons (Fsp3) is 0.200. The van der Waals surface area contributed by atoms with Crippen molar-refractivity contribution in [3.05, 3.63) is 64.1 Å². The van der Waals surface area contributed by atoms with E-state index in [2.05, 4.69) is 10.2 Å². The molecule has 0 spiro atoms. The van der Waals surface area contributed by atoms with Crippen molar-refractivity contribution in [2.75, 3.05) is 12.0 Å². The highest BCUT2D eigenvalue weighted by molar-refractivity contribution is 7.13. The number of amides is 1. The Morgan fingerprint density at radius 2 is 1.97 bits per heavy atom. The predicted molar refractivity (Wildman–Crippen MR) is 106 cm³/mol. The van der Waals surface area contributed by atoms with Crippen LogP contribution in [-0.4, -0.2) is 34.1 Å². The molecule has 3 aromatic rings. The lowest BCUT2D eigenvalue weighted by Gasteiger charge is -2.22. The van der Waals surface area contributed by atoms with E-state index in [-0.39, 0.29) is 16.5 Å².